The number of carboxylic acids is 1. The van der Waals surface area contributed by atoms with E-state index >= 15 is 0 Å². The highest BCUT2D eigenvalue weighted by Crippen LogP contribution is 2.45. The average Bonchev–Trinajstić information content (AvgIpc) is 3.60. The number of benzene rings is 2. The Labute approximate surface area is 253 Å². The molecule has 2 aromatic carbocycles. The number of carbonyl (C=O) groups excluding carboxylic acids is 3. The number of aromatic amines is 1. The third-order valence-corrected chi connectivity index (χ3v) is 7.28. The molecule has 1 saturated heterocycles. The number of aliphatic imine (C=N–C) groups is 1. The largest absolute Gasteiger partial charge is 0.487 e. The highest BCUT2D eigenvalue weighted by molar-refractivity contribution is 6.30. The number of nitrogens with zero attached hydrogens (tertiary/aromatic N) is 3. The Kier molecular flexibility index (Phi) is 8.27. The molecule has 5 rings (SSSR count). The van der Waals surface area contributed by atoms with E-state index in [1.807, 2.05) is 39.0 Å². The number of rotatable bonds is 7. The zero-order valence-corrected chi connectivity index (χ0v) is 24.7. The molecule has 2 aliphatic heterocycles. The summed E-state index contributed by atoms with van der Waals surface area (Å²) in [5, 5.41) is 12.5. The van der Waals surface area contributed by atoms with Crippen molar-refractivity contribution in [1.82, 2.24) is 20.1 Å². The van der Waals surface area contributed by atoms with Gasteiger partial charge >= 0.3 is 12.0 Å². The van der Waals surface area contributed by atoms with Crippen LogP contribution in [0.25, 0.3) is 0 Å². The molecule has 0 spiro atoms. The van der Waals surface area contributed by atoms with Crippen molar-refractivity contribution in [2.24, 2.45) is 4.99 Å². The lowest BCUT2D eigenvalue weighted by Crippen LogP contribution is -2.55. The SMILES string of the molecule is CC(C)(C)Oc1cc(C(=O)CC(=O)O)ccc1C1=N[C@@H](c2ccc(Cl)cc2)[C@@H](c2cc[nH]c2)N1C(=O)N1CCNC(=O)C1. The van der Waals surface area contributed by atoms with E-state index < -0.39 is 41.9 Å². The number of amidine groups is 1. The van der Waals surface area contributed by atoms with Gasteiger partial charge in [0.2, 0.25) is 5.91 Å². The van der Waals surface area contributed by atoms with Gasteiger partial charge in [0.05, 0.1) is 11.6 Å². The molecule has 3 aromatic rings. The van der Waals surface area contributed by atoms with Gasteiger partial charge in [0.15, 0.2) is 5.78 Å². The van der Waals surface area contributed by atoms with E-state index in [1.165, 1.54) is 17.0 Å². The molecular formula is C31H32ClN5O6. The molecule has 12 heteroatoms. The van der Waals surface area contributed by atoms with E-state index in [-0.39, 0.29) is 23.8 Å². The second kappa shape index (κ2) is 11.9. The Hall–Kier alpha value is -4.64. The van der Waals surface area contributed by atoms with Gasteiger partial charge in [-0.1, -0.05) is 29.8 Å². The topological polar surface area (TPSA) is 144 Å². The zero-order valence-electron chi connectivity index (χ0n) is 24.0. The maximum atomic E-state index is 14.4. The number of piperazine rings is 1. The number of urea groups is 1. The molecule has 1 aromatic heterocycles. The van der Waals surface area contributed by atoms with Crippen molar-refractivity contribution in [1.29, 1.82) is 0 Å². The number of aromatic nitrogens is 1. The molecule has 0 unspecified atom stereocenters. The first-order valence-corrected chi connectivity index (χ1v) is 14.2. The van der Waals surface area contributed by atoms with E-state index in [0.29, 0.717) is 29.5 Å². The number of aliphatic carboxylic acids is 1. The monoisotopic (exact) mass is 605 g/mol. The second-order valence-electron chi connectivity index (χ2n) is 11.4. The summed E-state index contributed by atoms with van der Waals surface area (Å²) in [5.74, 6) is -1.53. The first kappa shape index (κ1) is 29.8. The van der Waals surface area contributed by atoms with E-state index in [4.69, 9.17) is 21.3 Å². The minimum atomic E-state index is -1.24. The Morgan fingerprint density at radius 3 is 2.47 bits per heavy atom. The summed E-state index contributed by atoms with van der Waals surface area (Å²) < 4.78 is 6.29. The van der Waals surface area contributed by atoms with Crippen LogP contribution < -0.4 is 10.1 Å². The molecule has 224 valence electrons. The number of amides is 3. The van der Waals surface area contributed by atoms with Gasteiger partial charge in [-0.15, -0.1) is 0 Å². The molecular weight excluding hydrogens is 574 g/mol. The molecule has 43 heavy (non-hydrogen) atoms. The minimum absolute atomic E-state index is 0.109. The summed E-state index contributed by atoms with van der Waals surface area (Å²) >= 11 is 6.20. The summed E-state index contributed by atoms with van der Waals surface area (Å²) in [6, 6.07) is 12.2. The molecule has 2 aliphatic rings. The Morgan fingerprint density at radius 1 is 1.09 bits per heavy atom. The standard InChI is InChI=1S/C31H32ClN5O6/c1-31(2,3)43-24-14-19(23(38)15-26(40)41)6-9-22(24)29-35-27(18-4-7-21(32)8-5-18)28(20-10-11-33-16-20)37(29)30(42)36-13-12-34-25(39)17-36/h4-11,14,16,27-28,33H,12-13,15,17H2,1-3H3,(H,34,39)(H,40,41)/t27-,28+/m0/s1. The Balaban J connectivity index is 1.69. The number of halogens is 1. The van der Waals surface area contributed by atoms with Crippen LogP contribution in [0.2, 0.25) is 5.02 Å². The number of carbonyl (C=O) groups is 4. The smallest absolute Gasteiger partial charge is 0.326 e. The van der Waals surface area contributed by atoms with E-state index in [9.17, 15) is 24.3 Å². The van der Waals surface area contributed by atoms with Gasteiger partial charge in [0, 0.05) is 36.1 Å². The lowest BCUT2D eigenvalue weighted by molar-refractivity contribution is -0.136. The van der Waals surface area contributed by atoms with Gasteiger partial charge < -0.3 is 25.0 Å². The molecule has 3 N–H and O–H groups in total. The number of Topliss-reactive ketones (excluding diaryl/α,β-unsaturated/α-hetero) is 1. The number of H-pyrrole nitrogens is 1. The zero-order chi connectivity index (χ0) is 30.9. The summed E-state index contributed by atoms with van der Waals surface area (Å²) in [5.41, 5.74) is 1.49. The highest BCUT2D eigenvalue weighted by atomic mass is 35.5. The van der Waals surface area contributed by atoms with Crippen molar-refractivity contribution in [2.75, 3.05) is 19.6 Å². The Bertz CT molecular complexity index is 1580. The summed E-state index contributed by atoms with van der Waals surface area (Å²) in [4.78, 5) is 61.8. The maximum Gasteiger partial charge on any atom is 0.326 e. The summed E-state index contributed by atoms with van der Waals surface area (Å²) in [7, 11) is 0. The van der Waals surface area contributed by atoms with E-state index in [1.54, 1.807) is 35.5 Å². The molecule has 2 atom stereocenters. The van der Waals surface area contributed by atoms with Crippen molar-refractivity contribution < 1.29 is 29.0 Å². The third-order valence-electron chi connectivity index (χ3n) is 7.03. The molecule has 0 saturated carbocycles. The van der Waals surface area contributed by atoms with Gasteiger partial charge in [0.25, 0.3) is 0 Å². The highest BCUT2D eigenvalue weighted by Gasteiger charge is 2.45. The predicted molar refractivity (Wildman–Crippen MR) is 159 cm³/mol. The van der Waals surface area contributed by atoms with Crippen LogP contribution in [0.15, 0.2) is 65.9 Å². The number of ether oxygens (including phenoxy) is 1. The molecule has 11 nitrogen and oxygen atoms in total. The normalized spacial score (nSPS) is 18.7. The van der Waals surface area contributed by atoms with Crippen LogP contribution in [-0.4, -0.2) is 74.7 Å². The second-order valence-corrected chi connectivity index (χ2v) is 11.8. The van der Waals surface area contributed by atoms with Gasteiger partial charge in [-0.25, -0.2) is 4.79 Å². The van der Waals surface area contributed by atoms with Crippen LogP contribution in [0.3, 0.4) is 0 Å². The van der Waals surface area contributed by atoms with Crippen LogP contribution in [0.1, 0.15) is 66.3 Å². The van der Waals surface area contributed by atoms with E-state index in [0.717, 1.165) is 11.1 Å². The molecule has 0 radical (unpaired) electrons. The quantitative estimate of drug-likeness (QED) is 0.265. The van der Waals surface area contributed by atoms with Crippen molar-refractivity contribution in [2.45, 2.75) is 44.9 Å². The maximum absolute atomic E-state index is 14.4. The molecule has 1 fully saturated rings. The number of nitrogens with one attached hydrogen (secondary N) is 2. The lowest BCUT2D eigenvalue weighted by atomic mass is 9.95. The van der Waals surface area contributed by atoms with Gasteiger partial charge in [0.1, 0.15) is 36.2 Å². The predicted octanol–water partition coefficient (Wildman–Crippen LogP) is 4.60. The first-order valence-electron chi connectivity index (χ1n) is 13.8. The van der Waals surface area contributed by atoms with Crippen molar-refractivity contribution >= 4 is 41.1 Å². The molecule has 0 aliphatic carbocycles. The fourth-order valence-corrected chi connectivity index (χ4v) is 5.33. The molecule has 3 heterocycles. The van der Waals surface area contributed by atoms with Crippen LogP contribution >= 0.6 is 11.6 Å². The van der Waals surface area contributed by atoms with Crippen molar-refractivity contribution in [3.05, 3.63) is 88.2 Å². The number of carboxylic acid groups (broad SMARTS) is 1. The molecule has 3 amide bonds. The molecule has 0 bridgehead atoms. The third kappa shape index (κ3) is 6.56. The number of hydrogen-bond donors (Lipinski definition) is 3. The van der Waals surface area contributed by atoms with Crippen LogP contribution in [0, 0.1) is 0 Å². The minimum Gasteiger partial charge on any atom is -0.487 e. The van der Waals surface area contributed by atoms with Crippen LogP contribution in [0.5, 0.6) is 5.75 Å². The summed E-state index contributed by atoms with van der Waals surface area (Å²) in [6.07, 6.45) is 2.89. The van der Waals surface area contributed by atoms with Gasteiger partial charge in [-0.2, -0.15) is 0 Å². The van der Waals surface area contributed by atoms with Gasteiger partial charge in [-0.3, -0.25) is 24.3 Å². The first-order chi connectivity index (χ1) is 20.4. The lowest BCUT2D eigenvalue weighted by Gasteiger charge is -2.35. The fraction of sp³-hybridized carbons (Fsp3) is 0.323. The van der Waals surface area contributed by atoms with Crippen LogP contribution in [0.4, 0.5) is 4.79 Å². The fourth-order valence-electron chi connectivity index (χ4n) is 5.20. The summed E-state index contributed by atoms with van der Waals surface area (Å²) in [6.45, 7) is 6.04. The van der Waals surface area contributed by atoms with Crippen molar-refractivity contribution in [3.63, 3.8) is 0 Å². The van der Waals surface area contributed by atoms with Crippen LogP contribution in [-0.2, 0) is 9.59 Å². The number of ketones is 1. The van der Waals surface area contributed by atoms with Gasteiger partial charge in [-0.05, 0) is 62.2 Å². The van der Waals surface area contributed by atoms with Crippen molar-refractivity contribution in [3.8, 4) is 5.75 Å². The van der Waals surface area contributed by atoms with E-state index in [2.05, 4.69) is 10.3 Å². The average molecular weight is 606 g/mol. The number of hydrogen-bond acceptors (Lipinski definition) is 6. The Morgan fingerprint density at radius 2 is 1.84 bits per heavy atom.